The summed E-state index contributed by atoms with van der Waals surface area (Å²) in [5.41, 5.74) is 1.92. The maximum Gasteiger partial charge on any atom is 0.256 e. The van der Waals surface area contributed by atoms with E-state index >= 15 is 0 Å². The molecule has 0 bridgehead atoms. The molecular weight excluding hydrogens is 701 g/mol. The molecule has 4 rings (SSSR count). The molecule has 0 aliphatic heterocycles. The number of carbonyl (C=O) groups excluding carboxylic acids is 1. The van der Waals surface area contributed by atoms with Crippen molar-refractivity contribution in [1.82, 2.24) is 19.2 Å². The van der Waals surface area contributed by atoms with Crippen LogP contribution in [0.1, 0.15) is 46.0 Å². The minimum Gasteiger partial charge on any atom is -0.341 e. The van der Waals surface area contributed by atoms with Crippen molar-refractivity contribution < 1.29 is 22.0 Å². The second kappa shape index (κ2) is 19.1. The van der Waals surface area contributed by atoms with Crippen molar-refractivity contribution in [3.8, 4) is 23.7 Å². The van der Waals surface area contributed by atoms with Crippen LogP contribution < -0.4 is 0 Å². The summed E-state index contributed by atoms with van der Waals surface area (Å²) in [5.74, 6) is 11.2. The van der Waals surface area contributed by atoms with Gasteiger partial charge in [-0.25, -0.2) is 27.2 Å². The van der Waals surface area contributed by atoms with Crippen LogP contribution in [-0.4, -0.2) is 60.7 Å². The summed E-state index contributed by atoms with van der Waals surface area (Å²) in [6.45, 7) is -0.640. The first-order valence-electron chi connectivity index (χ1n) is 14.4. The lowest BCUT2D eigenvalue weighted by molar-refractivity contribution is 0.0798. The van der Waals surface area contributed by atoms with Crippen LogP contribution in [0.2, 0.25) is 15.1 Å². The van der Waals surface area contributed by atoms with Gasteiger partial charge >= 0.3 is 0 Å². The fraction of sp³-hybridized carbons (Fsp3) is 0.229. The molecule has 0 radical (unpaired) electrons. The molecule has 4 aromatic rings. The van der Waals surface area contributed by atoms with Gasteiger partial charge in [-0.15, -0.1) is 0 Å². The summed E-state index contributed by atoms with van der Waals surface area (Å²) in [5, 5.41) is 0.818. The average molecular weight is 732 g/mol. The third-order valence-corrected chi connectivity index (χ3v) is 9.48. The molecule has 2 heterocycles. The Morgan fingerprint density at radius 3 is 1.71 bits per heavy atom. The number of hydrogen-bond acceptors (Lipinski definition) is 5. The molecule has 13 heteroatoms. The molecule has 0 N–H and O–H groups in total. The number of pyridine rings is 2. The molecule has 0 saturated carbocycles. The van der Waals surface area contributed by atoms with Crippen LogP contribution in [0.15, 0.2) is 83.8 Å². The predicted molar refractivity (Wildman–Crippen MR) is 186 cm³/mol. The third kappa shape index (κ3) is 11.3. The zero-order chi connectivity index (χ0) is 35.1. The molecule has 0 aliphatic carbocycles. The molecule has 0 atom stereocenters. The van der Waals surface area contributed by atoms with Gasteiger partial charge in [0.1, 0.15) is 29.6 Å². The Morgan fingerprint density at radius 2 is 1.19 bits per heavy atom. The van der Waals surface area contributed by atoms with Crippen molar-refractivity contribution in [3.05, 3.63) is 122 Å². The number of alkyl halides is 2. The van der Waals surface area contributed by atoms with Crippen molar-refractivity contribution in [1.29, 1.82) is 0 Å². The van der Waals surface area contributed by atoms with E-state index in [9.17, 15) is 22.0 Å². The van der Waals surface area contributed by atoms with E-state index in [2.05, 4.69) is 33.6 Å². The molecule has 0 saturated heterocycles. The highest BCUT2D eigenvalue weighted by molar-refractivity contribution is 7.89. The number of amides is 1. The Balaban J connectivity index is 0.000000260. The Labute approximate surface area is 294 Å². The van der Waals surface area contributed by atoms with Gasteiger partial charge in [0.15, 0.2) is 0 Å². The highest BCUT2D eigenvalue weighted by atomic mass is 35.5. The Bertz CT molecular complexity index is 1940. The van der Waals surface area contributed by atoms with Crippen molar-refractivity contribution >= 4 is 50.7 Å². The van der Waals surface area contributed by atoms with E-state index in [1.54, 1.807) is 73.8 Å². The first-order valence-corrected chi connectivity index (χ1v) is 17.0. The lowest BCUT2D eigenvalue weighted by Gasteiger charge is -2.17. The molecule has 0 aliphatic rings. The van der Waals surface area contributed by atoms with Crippen LogP contribution >= 0.6 is 34.8 Å². The highest BCUT2D eigenvalue weighted by Crippen LogP contribution is 2.25. The van der Waals surface area contributed by atoms with E-state index in [4.69, 9.17) is 34.8 Å². The molecule has 1 amide bonds. The Kier molecular flexibility index (Phi) is 15.3. The molecule has 0 fully saturated rings. The van der Waals surface area contributed by atoms with Crippen LogP contribution in [0.25, 0.3) is 0 Å². The van der Waals surface area contributed by atoms with Gasteiger partial charge < -0.3 is 4.90 Å². The molecule has 2 aromatic heterocycles. The second-order valence-electron chi connectivity index (χ2n) is 9.98. The first kappa shape index (κ1) is 38.4. The number of hydrogen-bond donors (Lipinski definition) is 0. The van der Waals surface area contributed by atoms with Crippen molar-refractivity contribution in [3.63, 3.8) is 0 Å². The van der Waals surface area contributed by atoms with Gasteiger partial charge in [-0.2, -0.15) is 4.31 Å². The summed E-state index contributed by atoms with van der Waals surface area (Å²) in [7, 11) is -0.524. The topological polar surface area (TPSA) is 83.5 Å². The molecule has 250 valence electrons. The second-order valence-corrected chi connectivity index (χ2v) is 13.2. The zero-order valence-electron chi connectivity index (χ0n) is 26.1. The van der Waals surface area contributed by atoms with Crippen LogP contribution in [0.5, 0.6) is 0 Å². The molecule has 0 spiro atoms. The van der Waals surface area contributed by atoms with Gasteiger partial charge in [0.25, 0.3) is 5.91 Å². The smallest absolute Gasteiger partial charge is 0.256 e. The minimum atomic E-state index is -3.66. The number of halogens is 5. The summed E-state index contributed by atoms with van der Waals surface area (Å²) >= 11 is 18.0. The molecule has 7 nitrogen and oxygen atoms in total. The molecule has 2 aromatic carbocycles. The van der Waals surface area contributed by atoms with E-state index in [1.165, 1.54) is 28.4 Å². The van der Waals surface area contributed by atoms with E-state index in [0.717, 1.165) is 0 Å². The van der Waals surface area contributed by atoms with Gasteiger partial charge in [-0.1, -0.05) is 77.0 Å². The van der Waals surface area contributed by atoms with Gasteiger partial charge in [0, 0.05) is 40.0 Å². The molecule has 48 heavy (non-hydrogen) atoms. The first-order chi connectivity index (χ1) is 23.0. The maximum atomic E-state index is 12.5. The predicted octanol–water partition coefficient (Wildman–Crippen LogP) is 7.64. The number of sulfonamides is 1. The largest absolute Gasteiger partial charge is 0.341 e. The van der Waals surface area contributed by atoms with Crippen LogP contribution in [0.3, 0.4) is 0 Å². The lowest BCUT2D eigenvalue weighted by atomic mass is 10.2. The van der Waals surface area contributed by atoms with Gasteiger partial charge in [0.2, 0.25) is 10.0 Å². The van der Waals surface area contributed by atoms with Crippen molar-refractivity contribution in [2.45, 2.75) is 31.1 Å². The zero-order valence-corrected chi connectivity index (χ0v) is 29.1. The Morgan fingerprint density at radius 1 is 0.708 bits per heavy atom. The normalized spacial score (nSPS) is 10.6. The monoisotopic (exact) mass is 730 g/mol. The average Bonchev–Trinajstić information content (AvgIpc) is 3.08. The standard InChI is InChI=1S/C18H15Cl2FN2O.C17H16ClFN2O2S/c1-23(18(24)17-15(19)9-5-10-16(17)20)11-3-2-6-13-7-4-8-14(12-21)22-13;1-21(24(22,23)17-11-3-2-10-16(17)18)12-5-4-7-14-8-6-9-15(13-19)20-14/h4-5,7-10H,3,11-12H2,1H3;2-3,6,8-11H,5,12-13H2,1H3. The number of rotatable bonds is 9. The summed E-state index contributed by atoms with van der Waals surface area (Å²) in [4.78, 5) is 22.0. The number of benzene rings is 2. The number of aromatic nitrogens is 2. The number of carbonyl (C=O) groups is 1. The van der Waals surface area contributed by atoms with Crippen LogP contribution in [0, 0.1) is 23.7 Å². The summed E-state index contributed by atoms with van der Waals surface area (Å²) < 4.78 is 51.2. The van der Waals surface area contributed by atoms with Gasteiger partial charge in [0.05, 0.1) is 32.0 Å². The van der Waals surface area contributed by atoms with Crippen LogP contribution in [0.4, 0.5) is 8.78 Å². The molecule has 0 unspecified atom stereocenters. The van der Waals surface area contributed by atoms with E-state index in [0.29, 0.717) is 52.2 Å². The van der Waals surface area contributed by atoms with E-state index in [-0.39, 0.29) is 27.9 Å². The SMILES string of the molecule is CN(CCC#Cc1cccc(CF)n1)C(=O)c1c(Cl)cccc1Cl.CN(CCC#Cc1cccc(CF)n1)S(=O)(=O)c1ccccc1Cl. The fourth-order valence-electron chi connectivity index (χ4n) is 3.93. The minimum absolute atomic E-state index is 0.0689. The van der Waals surface area contributed by atoms with Crippen LogP contribution in [-0.2, 0) is 23.4 Å². The summed E-state index contributed by atoms with van der Waals surface area (Å²) in [6.07, 6.45) is 0.771. The lowest BCUT2D eigenvalue weighted by Crippen LogP contribution is -2.28. The third-order valence-electron chi connectivity index (χ3n) is 6.49. The van der Waals surface area contributed by atoms with Crippen molar-refractivity contribution in [2.75, 3.05) is 27.2 Å². The fourth-order valence-corrected chi connectivity index (χ4v) is 6.15. The summed E-state index contributed by atoms with van der Waals surface area (Å²) in [6, 6.07) is 21.2. The quantitative estimate of drug-likeness (QED) is 0.165. The van der Waals surface area contributed by atoms with Crippen molar-refractivity contribution in [2.24, 2.45) is 0 Å². The van der Waals surface area contributed by atoms with Gasteiger partial charge in [-0.3, -0.25) is 4.79 Å². The van der Waals surface area contributed by atoms with E-state index < -0.39 is 23.4 Å². The van der Waals surface area contributed by atoms with Gasteiger partial charge in [-0.05, 0) is 60.4 Å². The maximum absolute atomic E-state index is 12.5. The van der Waals surface area contributed by atoms with E-state index in [1.807, 2.05) is 0 Å². The molecular formula is C35H31Cl3F2N4O3S. The Hall–Kier alpha value is -4.03. The highest BCUT2D eigenvalue weighted by Gasteiger charge is 2.22. The number of nitrogens with zero attached hydrogens (tertiary/aromatic N) is 4.